The van der Waals surface area contributed by atoms with Crippen LogP contribution in [0.5, 0.6) is 0 Å². The first-order valence-electron chi connectivity index (χ1n) is 8.16. The number of carbonyl (C=O) groups is 1. The summed E-state index contributed by atoms with van der Waals surface area (Å²) in [4.78, 5) is 33.2. The first kappa shape index (κ1) is 16.6. The van der Waals surface area contributed by atoms with Gasteiger partial charge in [0.2, 0.25) is 5.91 Å². The van der Waals surface area contributed by atoms with Gasteiger partial charge in [0.05, 0.1) is 5.75 Å². The van der Waals surface area contributed by atoms with Crippen molar-refractivity contribution in [3.8, 4) is 0 Å². The minimum Gasteiger partial charge on any atom is -0.338 e. The Bertz CT molecular complexity index is 685. The van der Waals surface area contributed by atoms with E-state index in [2.05, 4.69) is 35.6 Å². The standard InChI is InChI=1S/C17H25N3O2S/c1-11-5-13(21)19-15(18-11)23-8-14(22)20-10-17(4)7-12(20)6-16(2,3)9-17/h5,12H,6-10H2,1-4H3,(H,18,19,21)/t12-,17-/m1/s1. The third kappa shape index (κ3) is 3.62. The Morgan fingerprint density at radius 3 is 2.87 bits per heavy atom. The number of carbonyl (C=O) groups excluding carboxylic acids is 1. The maximum atomic E-state index is 12.7. The monoisotopic (exact) mass is 335 g/mol. The van der Waals surface area contributed by atoms with Gasteiger partial charge in [-0.25, -0.2) is 4.98 Å². The van der Waals surface area contributed by atoms with Crippen molar-refractivity contribution >= 4 is 17.7 Å². The van der Waals surface area contributed by atoms with Gasteiger partial charge in [-0.1, -0.05) is 32.5 Å². The third-order valence-corrected chi connectivity index (χ3v) is 5.77. The number of H-pyrrole nitrogens is 1. The molecule has 1 aromatic rings. The van der Waals surface area contributed by atoms with Gasteiger partial charge in [0.15, 0.2) is 5.16 Å². The average Bonchev–Trinajstić information content (AvgIpc) is 2.64. The molecule has 1 amide bonds. The van der Waals surface area contributed by atoms with Crippen LogP contribution < -0.4 is 5.56 Å². The number of nitrogens with zero attached hydrogens (tertiary/aromatic N) is 2. The fourth-order valence-electron chi connectivity index (χ4n) is 4.58. The molecule has 23 heavy (non-hydrogen) atoms. The zero-order chi connectivity index (χ0) is 16.8. The molecule has 2 aliphatic rings. The molecule has 2 fully saturated rings. The molecule has 126 valence electrons. The quantitative estimate of drug-likeness (QED) is 0.681. The number of hydrogen-bond donors (Lipinski definition) is 1. The van der Waals surface area contributed by atoms with Gasteiger partial charge in [0, 0.05) is 24.3 Å². The van der Waals surface area contributed by atoms with E-state index >= 15 is 0 Å². The van der Waals surface area contributed by atoms with Crippen molar-refractivity contribution in [2.24, 2.45) is 10.8 Å². The molecule has 1 saturated carbocycles. The van der Waals surface area contributed by atoms with Gasteiger partial charge < -0.3 is 9.88 Å². The second kappa shape index (κ2) is 5.65. The van der Waals surface area contributed by atoms with Crippen LogP contribution in [0.15, 0.2) is 16.0 Å². The van der Waals surface area contributed by atoms with Gasteiger partial charge in [-0.2, -0.15) is 0 Å². The lowest BCUT2D eigenvalue weighted by atomic mass is 9.65. The first-order valence-corrected chi connectivity index (χ1v) is 9.15. The molecule has 2 atom stereocenters. The average molecular weight is 335 g/mol. The van der Waals surface area contributed by atoms with Crippen molar-refractivity contribution in [3.05, 3.63) is 22.1 Å². The highest BCUT2D eigenvalue weighted by Gasteiger charge is 2.50. The van der Waals surface area contributed by atoms with Crippen LogP contribution >= 0.6 is 11.8 Å². The van der Waals surface area contributed by atoms with Crippen LogP contribution in [0.25, 0.3) is 0 Å². The lowest BCUT2D eigenvalue weighted by molar-refractivity contribution is -0.129. The Morgan fingerprint density at radius 2 is 2.17 bits per heavy atom. The third-order valence-electron chi connectivity index (χ3n) is 4.92. The SMILES string of the molecule is Cc1cc(=O)[nH]c(SCC(=O)N2C[C@]3(C)C[C@H]2CC(C)(C)C3)n1. The van der Waals surface area contributed by atoms with E-state index in [0.29, 0.717) is 28.1 Å². The number of rotatable bonds is 3. The molecule has 1 aromatic heterocycles. The molecule has 0 spiro atoms. The number of amides is 1. The predicted molar refractivity (Wildman–Crippen MR) is 91.6 cm³/mol. The minimum absolute atomic E-state index is 0.158. The molecule has 1 aliphatic heterocycles. The molecule has 0 aromatic carbocycles. The van der Waals surface area contributed by atoms with Gasteiger partial charge in [-0.15, -0.1) is 0 Å². The molecule has 5 nitrogen and oxygen atoms in total. The summed E-state index contributed by atoms with van der Waals surface area (Å²) in [6, 6.07) is 1.82. The number of likely N-dealkylation sites (tertiary alicyclic amines) is 1. The molecule has 1 saturated heterocycles. The van der Waals surface area contributed by atoms with E-state index in [-0.39, 0.29) is 16.9 Å². The lowest BCUT2D eigenvalue weighted by Gasteiger charge is -2.39. The Labute approximate surface area is 141 Å². The topological polar surface area (TPSA) is 66.1 Å². The van der Waals surface area contributed by atoms with Crippen molar-refractivity contribution in [2.45, 2.75) is 58.2 Å². The summed E-state index contributed by atoms with van der Waals surface area (Å²) in [7, 11) is 0. The second-order valence-corrected chi connectivity index (χ2v) is 9.18. The van der Waals surface area contributed by atoms with Gasteiger partial charge in [0.25, 0.3) is 5.56 Å². The summed E-state index contributed by atoms with van der Waals surface area (Å²) in [5, 5.41) is 0.525. The number of aromatic amines is 1. The van der Waals surface area contributed by atoms with Crippen molar-refractivity contribution in [1.29, 1.82) is 0 Å². The number of aromatic nitrogens is 2. The highest BCUT2D eigenvalue weighted by atomic mass is 32.2. The largest absolute Gasteiger partial charge is 0.338 e. The van der Waals surface area contributed by atoms with E-state index in [9.17, 15) is 9.59 Å². The van der Waals surface area contributed by atoms with E-state index in [1.807, 2.05) is 0 Å². The summed E-state index contributed by atoms with van der Waals surface area (Å²) < 4.78 is 0. The minimum atomic E-state index is -0.168. The number of aryl methyl sites for hydroxylation is 1. The van der Waals surface area contributed by atoms with Crippen molar-refractivity contribution in [1.82, 2.24) is 14.9 Å². The van der Waals surface area contributed by atoms with E-state index in [0.717, 1.165) is 19.4 Å². The number of hydrogen-bond acceptors (Lipinski definition) is 4. The maximum Gasteiger partial charge on any atom is 0.251 e. The van der Waals surface area contributed by atoms with Gasteiger partial charge >= 0.3 is 0 Å². The van der Waals surface area contributed by atoms with Crippen molar-refractivity contribution in [2.75, 3.05) is 12.3 Å². The Morgan fingerprint density at radius 1 is 1.43 bits per heavy atom. The summed E-state index contributed by atoms with van der Waals surface area (Å²) in [5.41, 5.74) is 1.07. The molecular weight excluding hydrogens is 310 g/mol. The van der Waals surface area contributed by atoms with Crippen LogP contribution in [0.3, 0.4) is 0 Å². The number of nitrogens with one attached hydrogen (secondary N) is 1. The van der Waals surface area contributed by atoms with E-state index < -0.39 is 0 Å². The maximum absolute atomic E-state index is 12.7. The van der Waals surface area contributed by atoms with E-state index in [4.69, 9.17) is 0 Å². The highest BCUT2D eigenvalue weighted by molar-refractivity contribution is 7.99. The molecule has 2 bridgehead atoms. The van der Waals surface area contributed by atoms with Gasteiger partial charge in [-0.05, 0) is 37.0 Å². The highest BCUT2D eigenvalue weighted by Crippen LogP contribution is 2.52. The summed E-state index contributed by atoms with van der Waals surface area (Å²) >= 11 is 1.32. The summed E-state index contributed by atoms with van der Waals surface area (Å²) in [6.45, 7) is 9.57. The van der Waals surface area contributed by atoms with Crippen molar-refractivity contribution < 1.29 is 4.79 Å². The van der Waals surface area contributed by atoms with Crippen LogP contribution in [-0.4, -0.2) is 39.1 Å². The second-order valence-electron chi connectivity index (χ2n) is 8.22. The molecule has 2 heterocycles. The fourth-order valence-corrected chi connectivity index (χ4v) is 5.39. The van der Waals surface area contributed by atoms with Crippen LogP contribution in [0.2, 0.25) is 0 Å². The zero-order valence-electron chi connectivity index (χ0n) is 14.3. The summed E-state index contributed by atoms with van der Waals surface area (Å²) in [6.07, 6.45) is 3.38. The van der Waals surface area contributed by atoms with E-state index in [1.165, 1.54) is 24.2 Å². The molecule has 1 aliphatic carbocycles. The van der Waals surface area contributed by atoms with Crippen LogP contribution in [0, 0.1) is 17.8 Å². The summed E-state index contributed by atoms with van der Waals surface area (Å²) in [5.74, 6) is 0.491. The molecule has 6 heteroatoms. The Balaban J connectivity index is 1.66. The lowest BCUT2D eigenvalue weighted by Crippen LogP contribution is -2.38. The first-order chi connectivity index (χ1) is 10.7. The van der Waals surface area contributed by atoms with Crippen LogP contribution in [0.4, 0.5) is 0 Å². The van der Waals surface area contributed by atoms with Gasteiger partial charge in [-0.3, -0.25) is 9.59 Å². The van der Waals surface area contributed by atoms with E-state index in [1.54, 1.807) is 6.92 Å². The number of fused-ring (bicyclic) bond motifs is 2. The normalized spacial score (nSPS) is 28.9. The predicted octanol–water partition coefficient (Wildman–Crippen LogP) is 2.60. The molecule has 0 radical (unpaired) electrons. The molecule has 0 unspecified atom stereocenters. The molecular formula is C17H25N3O2S. The van der Waals surface area contributed by atoms with Crippen LogP contribution in [0.1, 0.15) is 45.7 Å². The van der Waals surface area contributed by atoms with Gasteiger partial charge in [0.1, 0.15) is 0 Å². The van der Waals surface area contributed by atoms with Crippen LogP contribution in [-0.2, 0) is 4.79 Å². The number of thioether (sulfide) groups is 1. The Kier molecular flexibility index (Phi) is 4.07. The molecule has 3 rings (SSSR count). The molecule has 1 N–H and O–H groups in total. The smallest absolute Gasteiger partial charge is 0.251 e. The Hall–Kier alpha value is -1.30. The fraction of sp³-hybridized carbons (Fsp3) is 0.706. The van der Waals surface area contributed by atoms with Crippen molar-refractivity contribution in [3.63, 3.8) is 0 Å². The zero-order valence-corrected chi connectivity index (χ0v) is 15.1.